The number of amides is 2. The van der Waals surface area contributed by atoms with Gasteiger partial charge in [-0.05, 0) is 57.2 Å². The summed E-state index contributed by atoms with van der Waals surface area (Å²) in [6, 6.07) is 13.9. The number of rotatable bonds is 8. The van der Waals surface area contributed by atoms with Gasteiger partial charge in [0, 0.05) is 11.6 Å². The third kappa shape index (κ3) is 5.63. The number of benzene rings is 2. The molecule has 0 spiro atoms. The van der Waals surface area contributed by atoms with Crippen LogP contribution in [0.3, 0.4) is 0 Å². The average molecular weight is 405 g/mol. The van der Waals surface area contributed by atoms with E-state index in [9.17, 15) is 9.59 Å². The molecule has 0 saturated heterocycles. The van der Waals surface area contributed by atoms with Crippen molar-refractivity contribution in [3.63, 3.8) is 0 Å². The summed E-state index contributed by atoms with van der Waals surface area (Å²) in [5.41, 5.74) is -0.593. The number of anilines is 1. The zero-order valence-electron chi connectivity index (χ0n) is 16.5. The molecule has 0 saturated carbocycles. The van der Waals surface area contributed by atoms with E-state index in [1.54, 1.807) is 56.3 Å². The van der Waals surface area contributed by atoms with Crippen LogP contribution in [-0.4, -0.2) is 42.5 Å². The van der Waals surface area contributed by atoms with Crippen LogP contribution in [0.2, 0.25) is 5.02 Å². The highest BCUT2D eigenvalue weighted by Crippen LogP contribution is 2.24. The first-order valence-electron chi connectivity index (χ1n) is 8.93. The second-order valence-electron chi connectivity index (χ2n) is 6.63. The van der Waals surface area contributed by atoms with Crippen molar-refractivity contribution in [1.82, 2.24) is 4.90 Å². The van der Waals surface area contributed by atoms with Crippen LogP contribution in [0.5, 0.6) is 11.5 Å². The second kappa shape index (κ2) is 9.46. The van der Waals surface area contributed by atoms with Crippen molar-refractivity contribution in [3.8, 4) is 11.5 Å². The molecule has 0 atom stereocenters. The van der Waals surface area contributed by atoms with E-state index in [-0.39, 0.29) is 18.4 Å². The molecular formula is C21H25ClN2O4. The Labute approximate surface area is 170 Å². The largest absolute Gasteiger partial charge is 0.495 e. The quantitative estimate of drug-likeness (QED) is 0.722. The van der Waals surface area contributed by atoms with Crippen molar-refractivity contribution in [3.05, 3.63) is 53.6 Å². The van der Waals surface area contributed by atoms with Crippen LogP contribution < -0.4 is 14.8 Å². The summed E-state index contributed by atoms with van der Waals surface area (Å²) in [5, 5.41) is 3.36. The lowest BCUT2D eigenvalue weighted by atomic mass is 10.1. The van der Waals surface area contributed by atoms with Gasteiger partial charge < -0.3 is 19.7 Å². The van der Waals surface area contributed by atoms with Crippen LogP contribution in [0, 0.1) is 0 Å². The molecule has 0 aliphatic rings. The van der Waals surface area contributed by atoms with Gasteiger partial charge in [-0.1, -0.05) is 23.7 Å². The Balaban J connectivity index is 2.05. The predicted molar refractivity (Wildman–Crippen MR) is 110 cm³/mol. The van der Waals surface area contributed by atoms with E-state index in [0.29, 0.717) is 28.8 Å². The van der Waals surface area contributed by atoms with Crippen LogP contribution in [0.25, 0.3) is 0 Å². The topological polar surface area (TPSA) is 67.9 Å². The van der Waals surface area contributed by atoms with E-state index < -0.39 is 5.60 Å². The van der Waals surface area contributed by atoms with E-state index in [1.165, 1.54) is 12.0 Å². The smallest absolute Gasteiger partial charge is 0.266 e. The summed E-state index contributed by atoms with van der Waals surface area (Å²) in [7, 11) is 1.53. The fraction of sp³-hybridized carbons (Fsp3) is 0.333. The van der Waals surface area contributed by atoms with Gasteiger partial charge >= 0.3 is 0 Å². The van der Waals surface area contributed by atoms with Crippen molar-refractivity contribution in [2.24, 2.45) is 0 Å². The molecule has 0 aliphatic carbocycles. The van der Waals surface area contributed by atoms with Gasteiger partial charge in [-0.2, -0.15) is 0 Å². The Morgan fingerprint density at radius 2 is 1.75 bits per heavy atom. The maximum atomic E-state index is 12.9. The molecule has 2 rings (SSSR count). The number of para-hydroxylation sites is 2. The molecule has 0 radical (unpaired) electrons. The first-order chi connectivity index (χ1) is 13.3. The number of methoxy groups -OCH3 is 1. The zero-order chi connectivity index (χ0) is 20.7. The predicted octanol–water partition coefficient (Wildman–Crippen LogP) is 3.99. The molecule has 1 N–H and O–H groups in total. The van der Waals surface area contributed by atoms with Crippen molar-refractivity contribution in [2.75, 3.05) is 25.5 Å². The van der Waals surface area contributed by atoms with Gasteiger partial charge in [0.15, 0.2) is 5.60 Å². The average Bonchev–Trinajstić information content (AvgIpc) is 2.67. The number of ether oxygens (including phenoxy) is 2. The molecule has 28 heavy (non-hydrogen) atoms. The lowest BCUT2D eigenvalue weighted by Crippen LogP contribution is -2.51. The van der Waals surface area contributed by atoms with Crippen LogP contribution in [0.1, 0.15) is 20.8 Å². The number of hydrogen-bond donors (Lipinski definition) is 1. The number of nitrogens with zero attached hydrogens (tertiary/aromatic N) is 1. The van der Waals surface area contributed by atoms with Crippen LogP contribution in [-0.2, 0) is 9.59 Å². The van der Waals surface area contributed by atoms with Gasteiger partial charge in [-0.15, -0.1) is 0 Å². The van der Waals surface area contributed by atoms with Gasteiger partial charge in [-0.3, -0.25) is 9.59 Å². The van der Waals surface area contributed by atoms with Crippen molar-refractivity contribution >= 4 is 29.1 Å². The SMILES string of the molecule is CCN(CC(=O)Nc1ccccc1OC)C(=O)C(C)(C)Oc1ccc(Cl)cc1. The fourth-order valence-corrected chi connectivity index (χ4v) is 2.79. The normalized spacial score (nSPS) is 10.9. The Kier molecular flexibility index (Phi) is 7.29. The fourth-order valence-electron chi connectivity index (χ4n) is 2.66. The first kappa shape index (κ1) is 21.6. The summed E-state index contributed by atoms with van der Waals surface area (Å²) < 4.78 is 11.1. The number of hydrogen-bond acceptors (Lipinski definition) is 4. The summed E-state index contributed by atoms with van der Waals surface area (Å²) >= 11 is 5.88. The third-order valence-electron chi connectivity index (χ3n) is 4.09. The first-order valence-corrected chi connectivity index (χ1v) is 9.31. The van der Waals surface area contributed by atoms with Gasteiger partial charge in [-0.25, -0.2) is 0 Å². The summed E-state index contributed by atoms with van der Waals surface area (Å²) in [4.78, 5) is 26.9. The number of carbonyl (C=O) groups is 2. The molecule has 0 aromatic heterocycles. The van der Waals surface area contributed by atoms with Crippen LogP contribution in [0.15, 0.2) is 48.5 Å². The minimum Gasteiger partial charge on any atom is -0.495 e. The zero-order valence-corrected chi connectivity index (χ0v) is 17.2. The van der Waals surface area contributed by atoms with Crippen LogP contribution in [0.4, 0.5) is 5.69 Å². The lowest BCUT2D eigenvalue weighted by Gasteiger charge is -2.31. The highest BCUT2D eigenvalue weighted by atomic mass is 35.5. The van der Waals surface area contributed by atoms with Gasteiger partial charge in [0.05, 0.1) is 19.3 Å². The molecule has 150 valence electrons. The van der Waals surface area contributed by atoms with Crippen molar-refractivity contribution in [1.29, 1.82) is 0 Å². The van der Waals surface area contributed by atoms with Gasteiger partial charge in [0.1, 0.15) is 11.5 Å². The molecular weight excluding hydrogens is 380 g/mol. The standard InChI is InChI=1S/C21H25ClN2O4/c1-5-24(14-19(25)23-17-8-6-7-9-18(17)27-4)20(26)21(2,3)28-16-12-10-15(22)11-13-16/h6-13H,5,14H2,1-4H3,(H,23,25). The number of halogens is 1. The number of likely N-dealkylation sites (N-methyl/N-ethyl adjacent to an activating group) is 1. The van der Waals surface area contributed by atoms with Crippen molar-refractivity contribution < 1.29 is 19.1 Å². The molecule has 0 unspecified atom stereocenters. The molecule has 2 aromatic carbocycles. The van der Waals surface area contributed by atoms with Crippen molar-refractivity contribution in [2.45, 2.75) is 26.4 Å². The maximum absolute atomic E-state index is 12.9. The highest BCUT2D eigenvalue weighted by molar-refractivity contribution is 6.30. The van der Waals surface area contributed by atoms with E-state index in [0.717, 1.165) is 0 Å². The minimum absolute atomic E-state index is 0.0964. The molecule has 2 aromatic rings. The Morgan fingerprint density at radius 1 is 1.11 bits per heavy atom. The van der Waals surface area contributed by atoms with Crippen LogP contribution >= 0.6 is 11.6 Å². The number of nitrogens with one attached hydrogen (secondary N) is 1. The second-order valence-corrected chi connectivity index (χ2v) is 7.07. The summed E-state index contributed by atoms with van der Waals surface area (Å²) in [6.07, 6.45) is 0. The Morgan fingerprint density at radius 3 is 2.36 bits per heavy atom. The Bertz CT molecular complexity index is 821. The van der Waals surface area contributed by atoms with E-state index in [4.69, 9.17) is 21.1 Å². The molecule has 0 heterocycles. The molecule has 7 heteroatoms. The van der Waals surface area contributed by atoms with E-state index in [2.05, 4.69) is 5.32 Å². The van der Waals surface area contributed by atoms with E-state index >= 15 is 0 Å². The number of carbonyl (C=O) groups excluding carboxylic acids is 2. The van der Waals surface area contributed by atoms with Gasteiger partial charge in [0.25, 0.3) is 5.91 Å². The molecule has 0 bridgehead atoms. The van der Waals surface area contributed by atoms with Gasteiger partial charge in [0.2, 0.25) is 5.91 Å². The molecule has 2 amide bonds. The van der Waals surface area contributed by atoms with E-state index in [1.807, 2.05) is 13.0 Å². The lowest BCUT2D eigenvalue weighted by molar-refractivity contribution is -0.147. The molecule has 0 fully saturated rings. The minimum atomic E-state index is -1.14. The summed E-state index contributed by atoms with van der Waals surface area (Å²) in [6.45, 7) is 5.43. The highest BCUT2D eigenvalue weighted by Gasteiger charge is 2.34. The summed E-state index contributed by atoms with van der Waals surface area (Å²) in [5.74, 6) is 0.469. The monoisotopic (exact) mass is 404 g/mol. The maximum Gasteiger partial charge on any atom is 0.266 e. The molecule has 6 nitrogen and oxygen atoms in total. The molecule has 0 aliphatic heterocycles. The Hall–Kier alpha value is -2.73. The third-order valence-corrected chi connectivity index (χ3v) is 4.34.